The maximum absolute atomic E-state index is 11.5. The van der Waals surface area contributed by atoms with E-state index in [9.17, 15) is 14.4 Å². The molecule has 5 nitrogen and oxygen atoms in total. The van der Waals surface area contributed by atoms with Crippen molar-refractivity contribution in [3.63, 3.8) is 0 Å². The van der Waals surface area contributed by atoms with Crippen molar-refractivity contribution in [2.45, 2.75) is 6.92 Å². The van der Waals surface area contributed by atoms with Crippen molar-refractivity contribution in [3.05, 3.63) is 21.9 Å². The second-order valence-corrected chi connectivity index (χ2v) is 3.91. The van der Waals surface area contributed by atoms with Crippen LogP contribution in [-0.4, -0.2) is 24.3 Å². The van der Waals surface area contributed by atoms with Gasteiger partial charge in [0.2, 0.25) is 0 Å². The van der Waals surface area contributed by atoms with Crippen LogP contribution in [0.2, 0.25) is 0 Å². The molecule has 6 heteroatoms. The lowest BCUT2D eigenvalue weighted by atomic mass is 10.3. The fraction of sp³-hybridized carbons (Fsp3) is 0.182. The minimum atomic E-state index is -0.899. The molecule has 2 N–H and O–H groups in total. The Morgan fingerprint density at radius 3 is 2.71 bits per heavy atom. The Labute approximate surface area is 102 Å². The first kappa shape index (κ1) is 12.9. The van der Waals surface area contributed by atoms with Gasteiger partial charge in [-0.3, -0.25) is 9.59 Å². The number of amides is 1. The third kappa shape index (κ3) is 3.74. The highest BCUT2D eigenvalue weighted by molar-refractivity contribution is 7.15. The number of rotatable bonds is 3. The molecular weight excluding hydrogens is 242 g/mol. The number of esters is 1. The predicted molar refractivity (Wildman–Crippen MR) is 61.4 cm³/mol. The molecule has 0 aliphatic carbocycles. The Kier molecular flexibility index (Phi) is 4.43. The zero-order chi connectivity index (χ0) is 12.8. The van der Waals surface area contributed by atoms with Gasteiger partial charge in [-0.25, -0.2) is 4.79 Å². The SMILES string of the molecule is CCOC(=O)C(=O)c1ccc(C#CC(N)=O)s1. The van der Waals surface area contributed by atoms with Gasteiger partial charge in [-0.2, -0.15) is 0 Å². The van der Waals surface area contributed by atoms with Gasteiger partial charge < -0.3 is 10.5 Å². The zero-order valence-corrected chi connectivity index (χ0v) is 9.80. The highest BCUT2D eigenvalue weighted by Gasteiger charge is 2.19. The van der Waals surface area contributed by atoms with Crippen LogP contribution in [0.5, 0.6) is 0 Å². The Bertz CT molecular complexity index is 521. The average molecular weight is 251 g/mol. The Hall–Kier alpha value is -2.13. The molecule has 0 aliphatic heterocycles. The third-order valence-corrected chi connectivity index (χ3v) is 2.60. The smallest absolute Gasteiger partial charge is 0.380 e. The summed E-state index contributed by atoms with van der Waals surface area (Å²) in [5, 5.41) is 0. The van der Waals surface area contributed by atoms with Crippen LogP contribution in [0.25, 0.3) is 0 Å². The van der Waals surface area contributed by atoms with Gasteiger partial charge in [0.15, 0.2) is 0 Å². The molecule has 0 spiro atoms. The molecule has 0 aliphatic rings. The second kappa shape index (κ2) is 5.82. The summed E-state index contributed by atoms with van der Waals surface area (Å²) in [6.07, 6.45) is 0. The first-order chi connectivity index (χ1) is 8.04. The molecule has 0 atom stereocenters. The molecule has 1 aromatic rings. The standard InChI is InChI=1S/C11H9NO4S/c1-2-16-11(15)10(14)8-5-3-7(17-8)4-6-9(12)13/h3,5H,2H2,1H3,(H2,12,13). The quantitative estimate of drug-likeness (QED) is 0.363. The van der Waals surface area contributed by atoms with Gasteiger partial charge in [0.25, 0.3) is 11.7 Å². The first-order valence-electron chi connectivity index (χ1n) is 4.67. The highest BCUT2D eigenvalue weighted by atomic mass is 32.1. The number of nitrogens with two attached hydrogens (primary N) is 1. The molecule has 0 aromatic carbocycles. The summed E-state index contributed by atoms with van der Waals surface area (Å²) < 4.78 is 4.57. The fourth-order valence-electron chi connectivity index (χ4n) is 0.948. The number of primary amides is 1. The van der Waals surface area contributed by atoms with Gasteiger partial charge in [-0.05, 0) is 25.0 Å². The molecule has 0 bridgehead atoms. The number of thiophene rings is 1. The van der Waals surface area contributed by atoms with E-state index in [0.717, 1.165) is 11.3 Å². The number of Topliss-reactive ketones (excluding diaryl/α,β-unsaturated/α-hetero) is 1. The Balaban J connectivity index is 2.82. The molecule has 0 saturated carbocycles. The van der Waals surface area contributed by atoms with E-state index in [4.69, 9.17) is 5.73 Å². The number of hydrogen-bond acceptors (Lipinski definition) is 5. The fourth-order valence-corrected chi connectivity index (χ4v) is 1.73. The number of ether oxygens (including phenoxy) is 1. The van der Waals surface area contributed by atoms with E-state index in [1.165, 1.54) is 12.1 Å². The molecule has 0 radical (unpaired) electrons. The van der Waals surface area contributed by atoms with Crippen molar-refractivity contribution < 1.29 is 19.1 Å². The number of hydrogen-bond donors (Lipinski definition) is 1. The molecule has 1 heterocycles. The largest absolute Gasteiger partial charge is 0.460 e. The second-order valence-electron chi connectivity index (χ2n) is 2.83. The van der Waals surface area contributed by atoms with E-state index < -0.39 is 17.7 Å². The average Bonchev–Trinajstić information content (AvgIpc) is 2.74. The first-order valence-corrected chi connectivity index (χ1v) is 5.49. The van der Waals surface area contributed by atoms with Gasteiger partial charge >= 0.3 is 5.97 Å². The summed E-state index contributed by atoms with van der Waals surface area (Å²) in [4.78, 5) is 33.7. The van der Waals surface area contributed by atoms with Crippen LogP contribution in [0.3, 0.4) is 0 Å². The molecule has 0 unspecified atom stereocenters. The minimum Gasteiger partial charge on any atom is -0.460 e. The van der Waals surface area contributed by atoms with Gasteiger partial charge in [0.1, 0.15) is 0 Å². The highest BCUT2D eigenvalue weighted by Crippen LogP contribution is 2.16. The Morgan fingerprint density at radius 2 is 2.12 bits per heavy atom. The van der Waals surface area contributed by atoms with Crippen molar-refractivity contribution in [1.29, 1.82) is 0 Å². The lowest BCUT2D eigenvalue weighted by molar-refractivity contribution is -0.137. The number of carbonyl (C=O) groups is 3. The summed E-state index contributed by atoms with van der Waals surface area (Å²) in [6, 6.07) is 2.99. The van der Waals surface area contributed by atoms with Crippen LogP contribution in [0, 0.1) is 11.8 Å². The van der Waals surface area contributed by atoms with E-state index in [2.05, 4.69) is 16.6 Å². The van der Waals surface area contributed by atoms with Crippen LogP contribution in [0.4, 0.5) is 0 Å². The molecule has 17 heavy (non-hydrogen) atoms. The topological polar surface area (TPSA) is 86.5 Å². The van der Waals surface area contributed by atoms with E-state index in [0.29, 0.717) is 4.88 Å². The zero-order valence-electron chi connectivity index (χ0n) is 8.98. The third-order valence-electron chi connectivity index (χ3n) is 1.60. The van der Waals surface area contributed by atoms with Crippen LogP contribution >= 0.6 is 11.3 Å². The van der Waals surface area contributed by atoms with Crippen molar-refractivity contribution in [2.75, 3.05) is 6.61 Å². The predicted octanol–water partition coefficient (Wildman–Crippen LogP) is 0.331. The lowest BCUT2D eigenvalue weighted by Crippen LogP contribution is -2.16. The van der Waals surface area contributed by atoms with Crippen LogP contribution in [0.1, 0.15) is 21.5 Å². The summed E-state index contributed by atoms with van der Waals surface area (Å²) >= 11 is 1.01. The molecule has 0 fully saturated rings. The van der Waals surface area contributed by atoms with Crippen LogP contribution in [-0.2, 0) is 14.3 Å². The Morgan fingerprint density at radius 1 is 1.41 bits per heavy atom. The number of ketones is 1. The maximum atomic E-state index is 11.5. The summed E-state index contributed by atoms with van der Waals surface area (Å²) in [5.41, 5.74) is 4.85. The summed E-state index contributed by atoms with van der Waals surface area (Å²) in [6.45, 7) is 1.76. The van der Waals surface area contributed by atoms with E-state index in [1.807, 2.05) is 0 Å². The number of carbonyl (C=O) groups excluding carboxylic acids is 3. The molecule has 1 aromatic heterocycles. The monoisotopic (exact) mass is 251 g/mol. The molecule has 88 valence electrons. The molecule has 1 amide bonds. The van der Waals surface area contributed by atoms with E-state index in [1.54, 1.807) is 6.92 Å². The molecule has 0 saturated heterocycles. The summed E-state index contributed by atoms with van der Waals surface area (Å²) in [7, 11) is 0. The van der Waals surface area contributed by atoms with Crippen LogP contribution < -0.4 is 5.73 Å². The normalized spacial score (nSPS) is 9.00. The van der Waals surface area contributed by atoms with Crippen molar-refractivity contribution in [1.82, 2.24) is 0 Å². The minimum absolute atomic E-state index is 0.143. The van der Waals surface area contributed by atoms with Crippen LogP contribution in [0.15, 0.2) is 12.1 Å². The van der Waals surface area contributed by atoms with E-state index in [-0.39, 0.29) is 11.5 Å². The van der Waals surface area contributed by atoms with Crippen molar-refractivity contribution in [3.8, 4) is 11.8 Å². The van der Waals surface area contributed by atoms with Gasteiger partial charge in [-0.1, -0.05) is 0 Å². The summed E-state index contributed by atoms with van der Waals surface area (Å²) in [5.74, 6) is 2.25. The van der Waals surface area contributed by atoms with Gasteiger partial charge in [0.05, 0.1) is 16.4 Å². The van der Waals surface area contributed by atoms with Gasteiger partial charge in [-0.15, -0.1) is 11.3 Å². The maximum Gasteiger partial charge on any atom is 0.380 e. The lowest BCUT2D eigenvalue weighted by Gasteiger charge is -1.96. The van der Waals surface area contributed by atoms with Crippen molar-refractivity contribution >= 4 is 29.0 Å². The van der Waals surface area contributed by atoms with Crippen molar-refractivity contribution in [2.24, 2.45) is 5.73 Å². The molecular formula is C11H9NO4S. The van der Waals surface area contributed by atoms with Gasteiger partial charge in [0, 0.05) is 5.92 Å². The molecule has 1 rings (SSSR count). The van der Waals surface area contributed by atoms with E-state index >= 15 is 0 Å².